The van der Waals surface area contributed by atoms with Gasteiger partial charge in [-0.05, 0) is 24.1 Å². The topological polar surface area (TPSA) is 46.3 Å². The number of nitrogens with zero attached hydrogens (tertiary/aromatic N) is 1. The van der Waals surface area contributed by atoms with Crippen molar-refractivity contribution in [2.24, 2.45) is 5.73 Å². The van der Waals surface area contributed by atoms with Gasteiger partial charge in [-0.25, -0.2) is 0 Å². The second kappa shape index (κ2) is 3.10. The number of benzene rings is 1. The minimum Gasteiger partial charge on any atom is -0.324 e. The van der Waals surface area contributed by atoms with Crippen molar-refractivity contribution in [2.75, 3.05) is 11.9 Å². The Kier molecular flexibility index (Phi) is 2.04. The van der Waals surface area contributed by atoms with Crippen molar-refractivity contribution >= 4 is 11.6 Å². The fourth-order valence-corrected chi connectivity index (χ4v) is 1.77. The molecule has 0 aromatic heterocycles. The van der Waals surface area contributed by atoms with Crippen LogP contribution in [0.3, 0.4) is 0 Å². The SMILES string of the molecule is C[C@H](N)c1ccc2c(c1)CC(=O)N2C. The first-order chi connectivity index (χ1) is 6.59. The molecule has 0 saturated carbocycles. The van der Waals surface area contributed by atoms with Crippen LogP contribution in [0.15, 0.2) is 18.2 Å². The molecule has 0 saturated heterocycles. The van der Waals surface area contributed by atoms with Gasteiger partial charge in [0.25, 0.3) is 0 Å². The van der Waals surface area contributed by atoms with Crippen molar-refractivity contribution in [1.29, 1.82) is 0 Å². The molecular formula is C11H14N2O. The molecular weight excluding hydrogens is 176 g/mol. The standard InChI is InChI=1S/C11H14N2O/c1-7(12)8-3-4-10-9(5-8)6-11(14)13(10)2/h3-5,7H,6,12H2,1-2H3/t7-/m0/s1. The van der Waals surface area contributed by atoms with Gasteiger partial charge in [0.15, 0.2) is 0 Å². The smallest absolute Gasteiger partial charge is 0.231 e. The summed E-state index contributed by atoms with van der Waals surface area (Å²) < 4.78 is 0. The highest BCUT2D eigenvalue weighted by atomic mass is 16.2. The number of carbonyl (C=O) groups excluding carboxylic acids is 1. The van der Waals surface area contributed by atoms with Gasteiger partial charge in [-0.3, -0.25) is 4.79 Å². The van der Waals surface area contributed by atoms with E-state index >= 15 is 0 Å². The van der Waals surface area contributed by atoms with E-state index in [9.17, 15) is 4.79 Å². The van der Waals surface area contributed by atoms with Crippen molar-refractivity contribution in [3.8, 4) is 0 Å². The molecule has 1 aliphatic heterocycles. The van der Waals surface area contributed by atoms with Crippen molar-refractivity contribution in [3.05, 3.63) is 29.3 Å². The van der Waals surface area contributed by atoms with Crippen LogP contribution >= 0.6 is 0 Å². The molecule has 1 aromatic rings. The van der Waals surface area contributed by atoms with Gasteiger partial charge in [0, 0.05) is 18.8 Å². The monoisotopic (exact) mass is 190 g/mol. The summed E-state index contributed by atoms with van der Waals surface area (Å²) in [5, 5.41) is 0. The Morgan fingerprint density at radius 1 is 1.50 bits per heavy atom. The van der Waals surface area contributed by atoms with E-state index in [1.165, 1.54) is 0 Å². The number of hydrogen-bond donors (Lipinski definition) is 1. The van der Waals surface area contributed by atoms with E-state index in [1.54, 1.807) is 11.9 Å². The number of hydrogen-bond acceptors (Lipinski definition) is 2. The van der Waals surface area contributed by atoms with E-state index in [-0.39, 0.29) is 11.9 Å². The number of carbonyl (C=O) groups is 1. The fourth-order valence-electron chi connectivity index (χ4n) is 1.77. The van der Waals surface area contributed by atoms with E-state index in [4.69, 9.17) is 5.73 Å². The summed E-state index contributed by atoms with van der Waals surface area (Å²) in [6.45, 7) is 1.95. The molecule has 2 rings (SSSR count). The van der Waals surface area contributed by atoms with Gasteiger partial charge in [0.05, 0.1) is 6.42 Å². The Morgan fingerprint density at radius 2 is 2.21 bits per heavy atom. The van der Waals surface area contributed by atoms with Gasteiger partial charge < -0.3 is 10.6 Å². The van der Waals surface area contributed by atoms with Gasteiger partial charge in [0.2, 0.25) is 5.91 Å². The van der Waals surface area contributed by atoms with E-state index < -0.39 is 0 Å². The summed E-state index contributed by atoms with van der Waals surface area (Å²) in [6, 6.07) is 6.01. The molecule has 0 aliphatic carbocycles. The molecule has 0 unspecified atom stereocenters. The van der Waals surface area contributed by atoms with Crippen LogP contribution < -0.4 is 10.6 Å². The summed E-state index contributed by atoms with van der Waals surface area (Å²) in [6.07, 6.45) is 0.506. The van der Waals surface area contributed by atoms with E-state index in [0.29, 0.717) is 6.42 Å². The largest absolute Gasteiger partial charge is 0.324 e. The van der Waals surface area contributed by atoms with Crippen molar-refractivity contribution < 1.29 is 4.79 Å². The molecule has 0 spiro atoms. The van der Waals surface area contributed by atoms with Crippen LogP contribution in [-0.2, 0) is 11.2 Å². The van der Waals surface area contributed by atoms with Crippen LogP contribution in [0.1, 0.15) is 24.1 Å². The Morgan fingerprint density at radius 3 is 2.86 bits per heavy atom. The third-order valence-corrected chi connectivity index (χ3v) is 2.71. The van der Waals surface area contributed by atoms with Crippen molar-refractivity contribution in [3.63, 3.8) is 0 Å². The lowest BCUT2D eigenvalue weighted by Gasteiger charge is -2.11. The highest BCUT2D eigenvalue weighted by Gasteiger charge is 2.23. The molecule has 1 atom stereocenters. The molecule has 2 N–H and O–H groups in total. The first-order valence-corrected chi connectivity index (χ1v) is 4.74. The van der Waals surface area contributed by atoms with Crippen LogP contribution in [0.4, 0.5) is 5.69 Å². The summed E-state index contributed by atoms with van der Waals surface area (Å²) in [5.41, 5.74) is 8.97. The lowest BCUT2D eigenvalue weighted by Crippen LogP contribution is -2.20. The number of rotatable bonds is 1. The second-order valence-electron chi connectivity index (χ2n) is 3.81. The highest BCUT2D eigenvalue weighted by molar-refractivity contribution is 6.00. The molecule has 14 heavy (non-hydrogen) atoms. The fraction of sp³-hybridized carbons (Fsp3) is 0.364. The third-order valence-electron chi connectivity index (χ3n) is 2.71. The zero-order valence-corrected chi connectivity index (χ0v) is 8.45. The zero-order chi connectivity index (χ0) is 10.3. The zero-order valence-electron chi connectivity index (χ0n) is 8.45. The van der Waals surface area contributed by atoms with Crippen LogP contribution in [0.5, 0.6) is 0 Å². The number of likely N-dealkylation sites (N-methyl/N-ethyl adjacent to an activating group) is 1. The average molecular weight is 190 g/mol. The Hall–Kier alpha value is -1.35. The van der Waals surface area contributed by atoms with Gasteiger partial charge >= 0.3 is 0 Å². The summed E-state index contributed by atoms with van der Waals surface area (Å²) in [5.74, 6) is 0.154. The second-order valence-corrected chi connectivity index (χ2v) is 3.81. The maximum Gasteiger partial charge on any atom is 0.231 e. The number of amides is 1. The van der Waals surface area contributed by atoms with Gasteiger partial charge in [-0.1, -0.05) is 12.1 Å². The lowest BCUT2D eigenvalue weighted by atomic mass is 10.0. The molecule has 1 aliphatic rings. The van der Waals surface area contributed by atoms with Crippen molar-refractivity contribution in [2.45, 2.75) is 19.4 Å². The van der Waals surface area contributed by atoms with Crippen LogP contribution in [0.2, 0.25) is 0 Å². The van der Waals surface area contributed by atoms with Crippen molar-refractivity contribution in [1.82, 2.24) is 0 Å². The first kappa shape index (κ1) is 9.21. The number of nitrogens with two attached hydrogens (primary N) is 1. The highest BCUT2D eigenvalue weighted by Crippen LogP contribution is 2.29. The van der Waals surface area contributed by atoms with Gasteiger partial charge in [0.1, 0.15) is 0 Å². The summed E-state index contributed by atoms with van der Waals surface area (Å²) in [4.78, 5) is 13.1. The molecule has 1 amide bonds. The van der Waals surface area contributed by atoms with Crippen LogP contribution in [-0.4, -0.2) is 13.0 Å². The predicted molar refractivity (Wildman–Crippen MR) is 56.2 cm³/mol. The molecule has 1 aromatic carbocycles. The van der Waals surface area contributed by atoms with E-state index in [1.807, 2.05) is 25.1 Å². The third kappa shape index (κ3) is 1.30. The molecule has 0 bridgehead atoms. The normalized spacial score (nSPS) is 17.1. The molecule has 1 heterocycles. The molecule has 74 valence electrons. The minimum absolute atomic E-state index is 0.0290. The minimum atomic E-state index is 0.0290. The maximum atomic E-state index is 11.4. The quantitative estimate of drug-likeness (QED) is 0.723. The maximum absolute atomic E-state index is 11.4. The molecule has 3 heteroatoms. The van der Waals surface area contributed by atoms with E-state index in [2.05, 4.69) is 0 Å². The Labute approximate surface area is 83.5 Å². The van der Waals surface area contributed by atoms with Crippen LogP contribution in [0, 0.1) is 0 Å². The molecule has 0 fully saturated rings. The average Bonchev–Trinajstić information content (AvgIpc) is 2.42. The van der Waals surface area contributed by atoms with Crippen LogP contribution in [0.25, 0.3) is 0 Å². The van der Waals surface area contributed by atoms with E-state index in [0.717, 1.165) is 16.8 Å². The summed E-state index contributed by atoms with van der Waals surface area (Å²) >= 11 is 0. The summed E-state index contributed by atoms with van der Waals surface area (Å²) in [7, 11) is 1.81. The molecule has 0 radical (unpaired) electrons. The van der Waals surface area contributed by atoms with Gasteiger partial charge in [-0.2, -0.15) is 0 Å². The lowest BCUT2D eigenvalue weighted by molar-refractivity contribution is -0.117. The Balaban J connectivity index is 2.44. The molecule has 3 nitrogen and oxygen atoms in total. The number of anilines is 1. The Bertz CT molecular complexity index is 385. The predicted octanol–water partition coefficient (Wildman–Crippen LogP) is 1.23. The number of fused-ring (bicyclic) bond motifs is 1. The van der Waals surface area contributed by atoms with Gasteiger partial charge in [-0.15, -0.1) is 0 Å². The first-order valence-electron chi connectivity index (χ1n) is 4.74.